The van der Waals surface area contributed by atoms with Crippen LogP contribution in [0.3, 0.4) is 0 Å². The Kier molecular flexibility index (Phi) is 9.54. The topological polar surface area (TPSA) is 113 Å². The van der Waals surface area contributed by atoms with Gasteiger partial charge in [-0.25, -0.2) is 9.18 Å². The fraction of sp³-hybridized carbons (Fsp3) is 0.222. The smallest absolute Gasteiger partial charge is 0.343 e. The fourth-order valence-electron chi connectivity index (χ4n) is 4.82. The Bertz CT molecular complexity index is 1760. The van der Waals surface area contributed by atoms with Crippen LogP contribution >= 0.6 is 0 Å². The molecule has 1 heterocycles. The Morgan fingerprint density at radius 1 is 0.956 bits per heavy atom. The Morgan fingerprint density at radius 2 is 1.71 bits per heavy atom. The quantitative estimate of drug-likeness (QED) is 0.140. The molecule has 8 nitrogen and oxygen atoms in total. The van der Waals surface area contributed by atoms with Crippen LogP contribution in [0.2, 0.25) is 0 Å². The molecule has 0 aromatic heterocycles. The van der Waals surface area contributed by atoms with E-state index in [9.17, 15) is 14.4 Å². The van der Waals surface area contributed by atoms with Gasteiger partial charge in [-0.05, 0) is 66.9 Å². The predicted molar refractivity (Wildman–Crippen MR) is 166 cm³/mol. The molecule has 0 fully saturated rings. The number of halogens is 1. The maximum Gasteiger partial charge on any atom is 0.343 e. The van der Waals surface area contributed by atoms with E-state index in [0.717, 1.165) is 0 Å². The van der Waals surface area contributed by atoms with Gasteiger partial charge in [0.2, 0.25) is 5.88 Å². The zero-order valence-electron chi connectivity index (χ0n) is 25.2. The van der Waals surface area contributed by atoms with E-state index in [2.05, 4.69) is 19.9 Å². The number of allylic oxidation sites excluding steroid dienone is 1. The molecule has 4 aromatic carbocycles. The number of nitrogens with two attached hydrogens (primary N) is 1. The Morgan fingerprint density at radius 3 is 2.42 bits per heavy atom. The third-order valence-corrected chi connectivity index (χ3v) is 7.02. The molecular formula is C36H33FN2O6. The van der Waals surface area contributed by atoms with Crippen LogP contribution in [0.25, 0.3) is 0 Å². The number of fused-ring (bicyclic) bond motifs is 1. The molecular weight excluding hydrogens is 575 g/mol. The van der Waals surface area contributed by atoms with Crippen LogP contribution in [0.15, 0.2) is 96.4 Å². The van der Waals surface area contributed by atoms with Gasteiger partial charge in [-0.3, -0.25) is 0 Å². The van der Waals surface area contributed by atoms with Crippen molar-refractivity contribution in [3.8, 4) is 34.8 Å². The lowest BCUT2D eigenvalue weighted by Crippen LogP contribution is -2.21. The number of ether oxygens (including phenoxy) is 5. The second-order valence-electron chi connectivity index (χ2n) is 10.8. The zero-order chi connectivity index (χ0) is 31.9. The number of hydrogen-bond donors (Lipinski definition) is 1. The standard InChI is InChI=1S/C36H33FN2O6/c1-4-41-33-17-24(11-16-31(33)43-21-25-7-5-6-8-30(25)37)34-28-15-14-27(18-32(28)45-35(39)29(34)19-38)44-36(40)23-9-12-26(13-10-23)42-20-22(2)3/h5-18,22,34H,4,20-21,39H2,1-3H3. The van der Waals surface area contributed by atoms with Crippen LogP contribution in [0, 0.1) is 23.1 Å². The summed E-state index contributed by atoms with van der Waals surface area (Å²) in [5.41, 5.74) is 8.54. The van der Waals surface area contributed by atoms with Crippen molar-refractivity contribution >= 4 is 5.97 Å². The summed E-state index contributed by atoms with van der Waals surface area (Å²) in [6.07, 6.45) is 0. The van der Waals surface area contributed by atoms with Gasteiger partial charge in [0.15, 0.2) is 11.5 Å². The fourth-order valence-corrected chi connectivity index (χ4v) is 4.82. The number of rotatable bonds is 11. The van der Waals surface area contributed by atoms with Crippen molar-refractivity contribution in [2.45, 2.75) is 33.3 Å². The van der Waals surface area contributed by atoms with Gasteiger partial charge in [0, 0.05) is 17.2 Å². The molecule has 0 bridgehead atoms. The SMILES string of the molecule is CCOc1cc(C2C(C#N)=C(N)Oc3cc(OC(=O)c4ccc(OCC(C)C)cc4)ccc32)ccc1OCc1ccccc1F. The molecule has 0 saturated heterocycles. The number of nitrogens with zero attached hydrogens (tertiary/aromatic N) is 1. The highest BCUT2D eigenvalue weighted by atomic mass is 19.1. The van der Waals surface area contributed by atoms with Crippen molar-refractivity contribution in [3.05, 3.63) is 124 Å². The first-order valence-corrected chi connectivity index (χ1v) is 14.6. The Labute approximate surface area is 261 Å². The molecule has 1 atom stereocenters. The van der Waals surface area contributed by atoms with Crippen LogP contribution in [0.4, 0.5) is 4.39 Å². The van der Waals surface area contributed by atoms with Crippen molar-refractivity contribution in [3.63, 3.8) is 0 Å². The summed E-state index contributed by atoms with van der Waals surface area (Å²) < 4.78 is 43.0. The molecule has 1 unspecified atom stereocenters. The zero-order valence-corrected chi connectivity index (χ0v) is 25.2. The van der Waals surface area contributed by atoms with Crippen LogP contribution in [-0.4, -0.2) is 19.2 Å². The number of benzene rings is 4. The van der Waals surface area contributed by atoms with Crippen LogP contribution in [0.1, 0.15) is 53.7 Å². The molecule has 0 amide bonds. The van der Waals surface area contributed by atoms with Gasteiger partial charge in [-0.2, -0.15) is 5.26 Å². The molecule has 0 spiro atoms. The maximum absolute atomic E-state index is 14.2. The Balaban J connectivity index is 1.39. The molecule has 9 heteroatoms. The molecule has 230 valence electrons. The summed E-state index contributed by atoms with van der Waals surface area (Å²) in [7, 11) is 0. The minimum Gasteiger partial charge on any atom is -0.493 e. The highest BCUT2D eigenvalue weighted by Crippen LogP contribution is 2.45. The van der Waals surface area contributed by atoms with E-state index < -0.39 is 11.9 Å². The third-order valence-electron chi connectivity index (χ3n) is 7.02. The van der Waals surface area contributed by atoms with Crippen molar-refractivity contribution in [1.29, 1.82) is 5.26 Å². The monoisotopic (exact) mass is 608 g/mol. The van der Waals surface area contributed by atoms with Crippen molar-refractivity contribution in [1.82, 2.24) is 0 Å². The van der Waals surface area contributed by atoms with Crippen LogP contribution < -0.4 is 29.4 Å². The average Bonchev–Trinajstić information content (AvgIpc) is 3.03. The number of esters is 1. The van der Waals surface area contributed by atoms with E-state index in [1.165, 1.54) is 6.07 Å². The van der Waals surface area contributed by atoms with E-state index in [1.807, 2.05) is 6.92 Å². The van der Waals surface area contributed by atoms with E-state index >= 15 is 0 Å². The number of hydrogen-bond acceptors (Lipinski definition) is 8. The van der Waals surface area contributed by atoms with E-state index in [4.69, 9.17) is 29.4 Å². The van der Waals surface area contributed by atoms with Gasteiger partial charge in [0.1, 0.15) is 41.3 Å². The van der Waals surface area contributed by atoms with E-state index in [1.54, 1.807) is 78.9 Å². The van der Waals surface area contributed by atoms with Gasteiger partial charge in [0.25, 0.3) is 0 Å². The lowest BCUT2D eigenvalue weighted by atomic mass is 9.83. The van der Waals surface area contributed by atoms with Crippen molar-refractivity contribution < 1.29 is 32.9 Å². The molecule has 4 aromatic rings. The molecule has 1 aliphatic heterocycles. The lowest BCUT2D eigenvalue weighted by Gasteiger charge is -2.27. The number of carbonyl (C=O) groups is 1. The second-order valence-corrected chi connectivity index (χ2v) is 10.8. The largest absolute Gasteiger partial charge is 0.493 e. The first kappa shape index (κ1) is 31.0. The maximum atomic E-state index is 14.2. The molecule has 0 saturated carbocycles. The molecule has 0 radical (unpaired) electrons. The number of nitriles is 1. The molecule has 5 rings (SSSR count). The van der Waals surface area contributed by atoms with Crippen LogP contribution in [-0.2, 0) is 6.61 Å². The second kappa shape index (κ2) is 13.9. The summed E-state index contributed by atoms with van der Waals surface area (Å²) >= 11 is 0. The highest BCUT2D eigenvalue weighted by Gasteiger charge is 2.32. The highest BCUT2D eigenvalue weighted by molar-refractivity contribution is 5.91. The minimum absolute atomic E-state index is 0.0139. The van der Waals surface area contributed by atoms with Gasteiger partial charge < -0.3 is 29.4 Å². The average molecular weight is 609 g/mol. The van der Waals surface area contributed by atoms with Crippen LogP contribution in [0.5, 0.6) is 28.7 Å². The summed E-state index contributed by atoms with van der Waals surface area (Å²) in [5.74, 6) is 0.928. The molecule has 0 aliphatic carbocycles. The molecule has 2 N–H and O–H groups in total. The summed E-state index contributed by atoms with van der Waals surface area (Å²) in [6, 6.07) is 25.5. The first-order valence-electron chi connectivity index (χ1n) is 14.6. The summed E-state index contributed by atoms with van der Waals surface area (Å²) in [4.78, 5) is 12.9. The summed E-state index contributed by atoms with van der Waals surface area (Å²) in [6.45, 7) is 6.90. The Hall–Kier alpha value is -5.49. The van der Waals surface area contributed by atoms with Crippen molar-refractivity contribution in [2.24, 2.45) is 11.7 Å². The van der Waals surface area contributed by atoms with Gasteiger partial charge in [-0.1, -0.05) is 44.2 Å². The normalized spacial score (nSPS) is 13.8. The first-order chi connectivity index (χ1) is 21.8. The molecule has 45 heavy (non-hydrogen) atoms. The lowest BCUT2D eigenvalue weighted by molar-refractivity contribution is 0.0734. The third kappa shape index (κ3) is 7.19. The molecule has 1 aliphatic rings. The van der Waals surface area contributed by atoms with E-state index in [0.29, 0.717) is 64.4 Å². The van der Waals surface area contributed by atoms with E-state index in [-0.39, 0.29) is 29.6 Å². The van der Waals surface area contributed by atoms with Crippen molar-refractivity contribution in [2.75, 3.05) is 13.2 Å². The minimum atomic E-state index is -0.596. The summed E-state index contributed by atoms with van der Waals surface area (Å²) in [5, 5.41) is 10.0. The van der Waals surface area contributed by atoms with Gasteiger partial charge in [-0.15, -0.1) is 0 Å². The number of carbonyl (C=O) groups excluding carboxylic acids is 1. The predicted octanol–water partition coefficient (Wildman–Crippen LogP) is 7.28. The van der Waals surface area contributed by atoms with Gasteiger partial charge >= 0.3 is 5.97 Å². The van der Waals surface area contributed by atoms with Gasteiger partial charge in [0.05, 0.1) is 24.7 Å².